The summed E-state index contributed by atoms with van der Waals surface area (Å²) in [5.74, 6) is 0.136. The second kappa shape index (κ2) is 4.71. The van der Waals surface area contributed by atoms with Crippen LogP contribution in [-0.2, 0) is 12.7 Å². The zero-order chi connectivity index (χ0) is 12.3. The molecule has 0 aliphatic rings. The maximum Gasteiger partial charge on any atom is 0.416 e. The molecule has 1 aromatic carbocycles. The maximum atomic E-state index is 12.7. The molecule has 0 saturated carbocycles. The van der Waals surface area contributed by atoms with E-state index >= 15 is 0 Å². The lowest BCUT2D eigenvalue weighted by Crippen LogP contribution is -2.17. The van der Waals surface area contributed by atoms with E-state index in [1.165, 1.54) is 26.3 Å². The van der Waals surface area contributed by atoms with Gasteiger partial charge in [-0.05, 0) is 17.7 Å². The van der Waals surface area contributed by atoms with E-state index in [-0.39, 0.29) is 17.9 Å². The number of rotatable bonds is 3. The van der Waals surface area contributed by atoms with Gasteiger partial charge < -0.3 is 9.94 Å². The minimum Gasteiger partial charge on any atom is -0.497 e. The Kier molecular flexibility index (Phi) is 3.77. The molecule has 0 radical (unpaired) electrons. The number of alkyl halides is 3. The van der Waals surface area contributed by atoms with Crippen molar-refractivity contribution in [3.8, 4) is 5.75 Å². The topological polar surface area (TPSA) is 32.7 Å². The minimum absolute atomic E-state index is 0.00157. The van der Waals surface area contributed by atoms with Crippen molar-refractivity contribution in [2.45, 2.75) is 12.7 Å². The zero-order valence-electron chi connectivity index (χ0n) is 8.88. The highest BCUT2D eigenvalue weighted by Crippen LogP contribution is 2.34. The van der Waals surface area contributed by atoms with Crippen LogP contribution in [0, 0.1) is 0 Å². The number of nitrogens with zero attached hydrogens (tertiary/aromatic N) is 1. The van der Waals surface area contributed by atoms with Crippen molar-refractivity contribution in [3.63, 3.8) is 0 Å². The second-order valence-corrected chi connectivity index (χ2v) is 3.34. The fraction of sp³-hybridized carbons (Fsp3) is 0.400. The van der Waals surface area contributed by atoms with Crippen LogP contribution in [0.1, 0.15) is 11.1 Å². The van der Waals surface area contributed by atoms with Crippen LogP contribution in [0.2, 0.25) is 0 Å². The van der Waals surface area contributed by atoms with E-state index in [1.807, 2.05) is 0 Å². The lowest BCUT2D eigenvalue weighted by Gasteiger charge is -2.16. The van der Waals surface area contributed by atoms with Gasteiger partial charge in [-0.1, -0.05) is 6.07 Å². The Morgan fingerprint density at radius 3 is 2.44 bits per heavy atom. The Morgan fingerprint density at radius 1 is 1.38 bits per heavy atom. The summed E-state index contributed by atoms with van der Waals surface area (Å²) >= 11 is 0. The van der Waals surface area contributed by atoms with Crippen LogP contribution in [-0.4, -0.2) is 24.4 Å². The first-order valence-corrected chi connectivity index (χ1v) is 4.48. The van der Waals surface area contributed by atoms with Gasteiger partial charge in [0.25, 0.3) is 0 Å². The smallest absolute Gasteiger partial charge is 0.416 e. The van der Waals surface area contributed by atoms with Crippen molar-refractivity contribution in [1.82, 2.24) is 5.06 Å². The molecule has 1 aromatic rings. The summed E-state index contributed by atoms with van der Waals surface area (Å²) in [6, 6.07) is 3.63. The van der Waals surface area contributed by atoms with E-state index in [0.717, 1.165) is 6.07 Å². The molecule has 0 bridgehead atoms. The summed E-state index contributed by atoms with van der Waals surface area (Å²) in [6.07, 6.45) is -4.46. The van der Waals surface area contributed by atoms with E-state index in [0.29, 0.717) is 5.06 Å². The van der Waals surface area contributed by atoms with Gasteiger partial charge in [-0.3, -0.25) is 0 Å². The summed E-state index contributed by atoms with van der Waals surface area (Å²) in [6.45, 7) is -0.196. The van der Waals surface area contributed by atoms with Gasteiger partial charge in [-0.15, -0.1) is 0 Å². The van der Waals surface area contributed by atoms with Crippen LogP contribution >= 0.6 is 0 Å². The fourth-order valence-electron chi connectivity index (χ4n) is 1.33. The first-order chi connectivity index (χ1) is 7.34. The predicted octanol–water partition coefficient (Wildman–Crippen LogP) is 2.54. The van der Waals surface area contributed by atoms with Gasteiger partial charge in [-0.2, -0.15) is 18.2 Å². The molecule has 90 valence electrons. The number of benzene rings is 1. The van der Waals surface area contributed by atoms with Crippen molar-refractivity contribution in [2.75, 3.05) is 14.2 Å². The zero-order valence-corrected chi connectivity index (χ0v) is 8.88. The summed E-state index contributed by atoms with van der Waals surface area (Å²) < 4.78 is 42.7. The number of hydrogen-bond donors (Lipinski definition) is 1. The molecule has 0 atom stereocenters. The SMILES string of the molecule is COc1ccc(CN(C)O)c(C(F)(F)F)c1. The largest absolute Gasteiger partial charge is 0.497 e. The molecule has 0 saturated heterocycles. The van der Waals surface area contributed by atoms with E-state index in [9.17, 15) is 13.2 Å². The van der Waals surface area contributed by atoms with Gasteiger partial charge in [0.2, 0.25) is 0 Å². The van der Waals surface area contributed by atoms with Gasteiger partial charge in [-0.25, -0.2) is 0 Å². The van der Waals surface area contributed by atoms with Crippen molar-refractivity contribution in [2.24, 2.45) is 0 Å². The molecule has 0 aromatic heterocycles. The van der Waals surface area contributed by atoms with Crippen molar-refractivity contribution in [3.05, 3.63) is 29.3 Å². The highest BCUT2D eigenvalue weighted by Gasteiger charge is 2.33. The maximum absolute atomic E-state index is 12.7. The monoisotopic (exact) mass is 235 g/mol. The Balaban J connectivity index is 3.17. The van der Waals surface area contributed by atoms with Crippen LogP contribution in [0.5, 0.6) is 5.75 Å². The van der Waals surface area contributed by atoms with Gasteiger partial charge >= 0.3 is 6.18 Å². The van der Waals surface area contributed by atoms with E-state index in [2.05, 4.69) is 0 Å². The molecule has 6 heteroatoms. The highest BCUT2D eigenvalue weighted by atomic mass is 19.4. The molecule has 0 unspecified atom stereocenters. The first-order valence-electron chi connectivity index (χ1n) is 4.48. The number of hydroxylamine groups is 2. The van der Waals surface area contributed by atoms with Gasteiger partial charge in [0.05, 0.1) is 12.7 Å². The van der Waals surface area contributed by atoms with E-state index in [4.69, 9.17) is 9.94 Å². The molecule has 1 N–H and O–H groups in total. The molecule has 0 spiro atoms. The average molecular weight is 235 g/mol. The van der Waals surface area contributed by atoms with Crippen molar-refractivity contribution >= 4 is 0 Å². The molecule has 3 nitrogen and oxygen atoms in total. The summed E-state index contributed by atoms with van der Waals surface area (Å²) in [5, 5.41) is 9.65. The highest BCUT2D eigenvalue weighted by molar-refractivity contribution is 5.37. The summed E-state index contributed by atoms with van der Waals surface area (Å²) in [4.78, 5) is 0. The quantitative estimate of drug-likeness (QED) is 0.817. The minimum atomic E-state index is -4.46. The fourth-order valence-corrected chi connectivity index (χ4v) is 1.33. The molecule has 0 amide bonds. The number of methoxy groups -OCH3 is 1. The van der Waals surface area contributed by atoms with Gasteiger partial charge in [0.1, 0.15) is 5.75 Å². The third-order valence-corrected chi connectivity index (χ3v) is 2.02. The Bertz CT molecular complexity index is 364. The van der Waals surface area contributed by atoms with Crippen molar-refractivity contribution < 1.29 is 23.1 Å². The van der Waals surface area contributed by atoms with Crippen LogP contribution in [0.15, 0.2) is 18.2 Å². The van der Waals surface area contributed by atoms with Crippen LogP contribution < -0.4 is 4.74 Å². The first kappa shape index (κ1) is 12.8. The molecule has 0 aliphatic heterocycles. The number of halogens is 3. The van der Waals surface area contributed by atoms with Crippen molar-refractivity contribution in [1.29, 1.82) is 0 Å². The molecular weight excluding hydrogens is 223 g/mol. The Hall–Kier alpha value is -1.27. The van der Waals surface area contributed by atoms with Gasteiger partial charge in [0, 0.05) is 13.6 Å². The summed E-state index contributed by atoms with van der Waals surface area (Å²) in [5.41, 5.74) is -0.800. The predicted molar refractivity (Wildman–Crippen MR) is 51.2 cm³/mol. The van der Waals surface area contributed by atoms with E-state index in [1.54, 1.807) is 0 Å². The van der Waals surface area contributed by atoms with Gasteiger partial charge in [0.15, 0.2) is 0 Å². The third kappa shape index (κ3) is 3.11. The van der Waals surface area contributed by atoms with Crippen LogP contribution in [0.3, 0.4) is 0 Å². The number of ether oxygens (including phenoxy) is 1. The van der Waals surface area contributed by atoms with Crippen LogP contribution in [0.4, 0.5) is 13.2 Å². The molecular formula is C10H12F3NO2. The normalized spacial score (nSPS) is 11.9. The third-order valence-electron chi connectivity index (χ3n) is 2.02. The summed E-state index contributed by atoms with van der Waals surface area (Å²) in [7, 11) is 2.58. The molecule has 16 heavy (non-hydrogen) atoms. The average Bonchev–Trinajstić information content (AvgIpc) is 2.15. The number of hydrogen-bond acceptors (Lipinski definition) is 3. The molecule has 0 heterocycles. The standard InChI is InChI=1S/C10H12F3NO2/c1-14(15)6-7-3-4-8(16-2)5-9(7)10(11,12)13/h3-5,15H,6H2,1-2H3. The molecule has 1 rings (SSSR count). The molecule has 0 aliphatic carbocycles. The van der Waals surface area contributed by atoms with E-state index < -0.39 is 11.7 Å². The Morgan fingerprint density at radius 2 is 2.00 bits per heavy atom. The lowest BCUT2D eigenvalue weighted by molar-refractivity contribution is -0.139. The second-order valence-electron chi connectivity index (χ2n) is 3.34. The Labute approximate surface area is 91.0 Å². The molecule has 0 fully saturated rings. The lowest BCUT2D eigenvalue weighted by atomic mass is 10.1. The van der Waals surface area contributed by atoms with Crippen LogP contribution in [0.25, 0.3) is 0 Å².